The van der Waals surface area contributed by atoms with Crippen LogP contribution in [0.25, 0.3) is 6.08 Å². The lowest BCUT2D eigenvalue weighted by atomic mass is 9.94. The number of aryl methyl sites for hydroxylation is 1. The number of carbonyl (C=O) groups is 1. The number of hydrogen-bond donors (Lipinski definition) is 1. The number of benzene rings is 3. The molecule has 4 aromatic rings. The largest absolute Gasteiger partial charge is 0.497 e. The summed E-state index contributed by atoms with van der Waals surface area (Å²) in [5, 5.41) is 2.99. The van der Waals surface area contributed by atoms with Crippen LogP contribution in [-0.4, -0.2) is 37.8 Å². The van der Waals surface area contributed by atoms with Crippen molar-refractivity contribution in [3.63, 3.8) is 0 Å². The van der Waals surface area contributed by atoms with Gasteiger partial charge >= 0.3 is 0 Å². The monoisotopic (exact) mass is 594 g/mol. The number of amides is 1. The molecule has 3 aromatic carbocycles. The molecule has 8 nitrogen and oxygen atoms in total. The zero-order valence-electron chi connectivity index (χ0n) is 24.7. The zero-order valence-corrected chi connectivity index (χ0v) is 25.5. The normalized spacial score (nSPS) is 16.6. The molecule has 9 heteroatoms. The third-order valence-electron chi connectivity index (χ3n) is 8.04. The molecule has 0 spiro atoms. The summed E-state index contributed by atoms with van der Waals surface area (Å²) in [6.45, 7) is 6.03. The molecule has 220 valence electrons. The van der Waals surface area contributed by atoms with E-state index in [0.29, 0.717) is 43.4 Å². The molecule has 0 bridgehead atoms. The van der Waals surface area contributed by atoms with Gasteiger partial charge in [0.1, 0.15) is 17.5 Å². The lowest BCUT2D eigenvalue weighted by molar-refractivity contribution is -0.113. The van der Waals surface area contributed by atoms with E-state index in [4.69, 9.17) is 14.5 Å². The maximum absolute atomic E-state index is 14.2. The Kier molecular flexibility index (Phi) is 7.90. The van der Waals surface area contributed by atoms with Gasteiger partial charge in [0.15, 0.2) is 4.80 Å². The fraction of sp³-hybridized carbons (Fsp3) is 0.265. The minimum absolute atomic E-state index is 0.216. The Balaban J connectivity index is 1.49. The van der Waals surface area contributed by atoms with Crippen molar-refractivity contribution in [3.05, 3.63) is 114 Å². The summed E-state index contributed by atoms with van der Waals surface area (Å²) < 4.78 is 13.3. The number of ether oxygens (including phenoxy) is 2. The third kappa shape index (κ3) is 5.48. The number of anilines is 2. The molecule has 3 heterocycles. The number of aromatic nitrogens is 1. The van der Waals surface area contributed by atoms with E-state index >= 15 is 0 Å². The van der Waals surface area contributed by atoms with Crippen LogP contribution in [0.2, 0.25) is 0 Å². The minimum Gasteiger partial charge on any atom is -0.497 e. The Morgan fingerprint density at radius 3 is 2.47 bits per heavy atom. The lowest BCUT2D eigenvalue weighted by Crippen LogP contribution is -2.40. The molecular formula is C34H34N4O4S. The molecule has 0 aliphatic carbocycles. The van der Waals surface area contributed by atoms with E-state index in [-0.39, 0.29) is 11.5 Å². The maximum Gasteiger partial charge on any atom is 0.271 e. The van der Waals surface area contributed by atoms with Crippen LogP contribution in [0.15, 0.2) is 87.8 Å². The highest BCUT2D eigenvalue weighted by atomic mass is 32.1. The molecule has 2 aliphatic rings. The topological polar surface area (TPSA) is 85.2 Å². The van der Waals surface area contributed by atoms with Gasteiger partial charge < -0.3 is 19.7 Å². The number of allylic oxidation sites excluding steroid dienone is 1. The van der Waals surface area contributed by atoms with E-state index in [1.54, 1.807) is 37.8 Å². The van der Waals surface area contributed by atoms with Crippen LogP contribution >= 0.6 is 11.3 Å². The second kappa shape index (κ2) is 11.9. The second-order valence-electron chi connectivity index (χ2n) is 10.7. The van der Waals surface area contributed by atoms with Gasteiger partial charge in [-0.05, 0) is 80.3 Å². The van der Waals surface area contributed by atoms with Crippen molar-refractivity contribution in [1.82, 2.24) is 4.57 Å². The van der Waals surface area contributed by atoms with Crippen molar-refractivity contribution in [2.24, 2.45) is 4.99 Å². The Hall–Kier alpha value is -4.63. The molecule has 1 amide bonds. The van der Waals surface area contributed by atoms with Crippen LogP contribution in [0, 0.1) is 6.92 Å². The maximum atomic E-state index is 14.2. The van der Waals surface area contributed by atoms with Crippen LogP contribution in [0.1, 0.15) is 42.5 Å². The summed E-state index contributed by atoms with van der Waals surface area (Å²) in [6.07, 6.45) is 4.36. The van der Waals surface area contributed by atoms with Crippen LogP contribution in [-0.2, 0) is 4.79 Å². The SMILES string of the molecule is COc1ccc([C@H]2C(C(=O)Nc3ccccc3)=C(C)N=c3s/c(=C/c4ccc(N5CCCC5)cc4C)c(=O)n32)c(OC)c1. The zero-order chi connectivity index (χ0) is 30.1. The molecule has 1 saturated heterocycles. The number of carbonyl (C=O) groups excluding carboxylic acids is 1. The number of nitrogens with zero attached hydrogens (tertiary/aromatic N) is 3. The number of fused-ring (bicyclic) bond motifs is 1. The minimum atomic E-state index is -0.762. The predicted octanol–water partition coefficient (Wildman–Crippen LogP) is 4.80. The Morgan fingerprint density at radius 2 is 1.77 bits per heavy atom. The standard InChI is InChI=1S/C34H34N4O4S/c1-21-18-25(37-16-8-9-17-37)13-12-23(21)19-29-33(40)38-31(27-15-14-26(41-3)20-28(27)42-4)30(22(2)35-34(38)43-29)32(39)36-24-10-6-5-7-11-24/h5-7,10-15,18-20,31H,8-9,16-17H2,1-4H3,(H,36,39)/b29-19+/t31-/m0/s1. The van der Waals surface area contributed by atoms with Gasteiger partial charge in [-0.15, -0.1) is 0 Å². The predicted molar refractivity (Wildman–Crippen MR) is 171 cm³/mol. The van der Waals surface area contributed by atoms with Gasteiger partial charge in [-0.1, -0.05) is 35.6 Å². The van der Waals surface area contributed by atoms with Gasteiger partial charge in [-0.3, -0.25) is 14.2 Å². The van der Waals surface area contributed by atoms with Crippen LogP contribution in [0.5, 0.6) is 11.5 Å². The Bertz CT molecular complexity index is 1900. The van der Waals surface area contributed by atoms with E-state index in [1.807, 2.05) is 42.5 Å². The number of para-hydroxylation sites is 1. The van der Waals surface area contributed by atoms with Crippen LogP contribution in [0.3, 0.4) is 0 Å². The van der Waals surface area contributed by atoms with E-state index in [2.05, 4.69) is 35.3 Å². The molecular weight excluding hydrogens is 560 g/mol. The van der Waals surface area contributed by atoms with Crippen molar-refractivity contribution >= 4 is 34.7 Å². The molecule has 0 unspecified atom stereocenters. The van der Waals surface area contributed by atoms with E-state index < -0.39 is 6.04 Å². The fourth-order valence-electron chi connectivity index (χ4n) is 5.81. The molecule has 1 atom stereocenters. The van der Waals surface area contributed by atoms with Crippen LogP contribution < -0.4 is 34.6 Å². The lowest BCUT2D eigenvalue weighted by Gasteiger charge is -2.26. The summed E-state index contributed by atoms with van der Waals surface area (Å²) in [6, 6.07) is 20.3. The van der Waals surface area contributed by atoms with Gasteiger partial charge in [0.25, 0.3) is 11.5 Å². The van der Waals surface area contributed by atoms with Crippen molar-refractivity contribution < 1.29 is 14.3 Å². The highest BCUT2D eigenvalue weighted by molar-refractivity contribution is 7.07. The van der Waals surface area contributed by atoms with Crippen molar-refractivity contribution in [1.29, 1.82) is 0 Å². The fourth-order valence-corrected chi connectivity index (χ4v) is 6.84. The van der Waals surface area contributed by atoms with E-state index in [0.717, 1.165) is 24.2 Å². The first-order valence-electron chi connectivity index (χ1n) is 14.3. The first-order valence-corrected chi connectivity index (χ1v) is 15.2. The number of hydrogen-bond acceptors (Lipinski definition) is 7. The number of methoxy groups -OCH3 is 2. The second-order valence-corrected chi connectivity index (χ2v) is 11.8. The van der Waals surface area contributed by atoms with Crippen LogP contribution in [0.4, 0.5) is 11.4 Å². The molecule has 1 N–H and O–H groups in total. The molecule has 0 radical (unpaired) electrons. The summed E-state index contributed by atoms with van der Waals surface area (Å²) in [5.74, 6) is 0.779. The number of nitrogens with one attached hydrogen (secondary N) is 1. The van der Waals surface area contributed by atoms with E-state index in [9.17, 15) is 9.59 Å². The summed E-state index contributed by atoms with van der Waals surface area (Å²) in [5.41, 5.74) is 5.30. The number of thiazole rings is 1. The molecule has 43 heavy (non-hydrogen) atoms. The molecule has 1 aromatic heterocycles. The third-order valence-corrected chi connectivity index (χ3v) is 9.03. The number of rotatable bonds is 7. The van der Waals surface area contributed by atoms with Gasteiger partial charge in [-0.2, -0.15) is 0 Å². The highest BCUT2D eigenvalue weighted by Crippen LogP contribution is 2.37. The van der Waals surface area contributed by atoms with Crippen molar-refractivity contribution in [2.45, 2.75) is 32.7 Å². The highest BCUT2D eigenvalue weighted by Gasteiger charge is 2.34. The summed E-state index contributed by atoms with van der Waals surface area (Å²) >= 11 is 1.32. The smallest absolute Gasteiger partial charge is 0.271 e. The van der Waals surface area contributed by atoms with Crippen molar-refractivity contribution in [3.8, 4) is 11.5 Å². The van der Waals surface area contributed by atoms with Gasteiger partial charge in [0, 0.05) is 36.1 Å². The molecule has 0 saturated carbocycles. The Morgan fingerprint density at radius 1 is 1.00 bits per heavy atom. The Labute approximate surface area is 254 Å². The molecule has 1 fully saturated rings. The molecule has 2 aliphatic heterocycles. The van der Waals surface area contributed by atoms with Gasteiger partial charge in [0.05, 0.1) is 30.0 Å². The van der Waals surface area contributed by atoms with Gasteiger partial charge in [-0.25, -0.2) is 4.99 Å². The quantitative estimate of drug-likeness (QED) is 0.332. The first-order chi connectivity index (χ1) is 20.9. The van der Waals surface area contributed by atoms with Gasteiger partial charge in [0.2, 0.25) is 0 Å². The average Bonchev–Trinajstić information content (AvgIpc) is 3.66. The summed E-state index contributed by atoms with van der Waals surface area (Å²) in [7, 11) is 3.15. The van der Waals surface area contributed by atoms with E-state index in [1.165, 1.54) is 29.9 Å². The molecule has 6 rings (SSSR count). The average molecular weight is 595 g/mol. The van der Waals surface area contributed by atoms with Crippen molar-refractivity contribution in [2.75, 3.05) is 37.5 Å². The summed E-state index contributed by atoms with van der Waals surface area (Å²) in [4.78, 5) is 35.8. The first kappa shape index (κ1) is 28.5.